The monoisotopic (exact) mass is 268 g/mol. The van der Waals surface area contributed by atoms with Crippen molar-refractivity contribution in [1.82, 2.24) is 4.31 Å². The van der Waals surface area contributed by atoms with Crippen LogP contribution >= 0.6 is 0 Å². The van der Waals surface area contributed by atoms with Gasteiger partial charge in [-0.15, -0.1) is 0 Å². The van der Waals surface area contributed by atoms with Crippen molar-refractivity contribution in [3.63, 3.8) is 0 Å². The third-order valence-corrected chi connectivity index (χ3v) is 3.89. The van der Waals surface area contributed by atoms with Crippen LogP contribution < -0.4 is 5.73 Å². The summed E-state index contributed by atoms with van der Waals surface area (Å²) < 4.78 is 37.8. The van der Waals surface area contributed by atoms with Gasteiger partial charge in [0.2, 0.25) is 10.0 Å². The van der Waals surface area contributed by atoms with Crippen molar-refractivity contribution in [1.29, 1.82) is 10.5 Å². The van der Waals surface area contributed by atoms with Crippen LogP contribution in [0.3, 0.4) is 0 Å². The summed E-state index contributed by atoms with van der Waals surface area (Å²) >= 11 is 0. The summed E-state index contributed by atoms with van der Waals surface area (Å²) in [5.74, 6) is -0.870. The van der Waals surface area contributed by atoms with Crippen LogP contribution in [0, 0.1) is 28.5 Å². The van der Waals surface area contributed by atoms with Gasteiger partial charge in [-0.2, -0.15) is 14.8 Å². The molecule has 0 spiro atoms. The molecule has 0 heterocycles. The quantitative estimate of drug-likeness (QED) is 0.629. The summed E-state index contributed by atoms with van der Waals surface area (Å²) in [7, 11) is -4.07. The topological polar surface area (TPSA) is 111 Å². The Labute approximate surface area is 104 Å². The molecule has 1 aromatic carbocycles. The van der Waals surface area contributed by atoms with Gasteiger partial charge in [0.15, 0.2) is 0 Å². The first-order chi connectivity index (χ1) is 8.43. The Balaban J connectivity index is 3.23. The average Bonchev–Trinajstić information content (AvgIpc) is 2.32. The lowest BCUT2D eigenvalue weighted by atomic mass is 10.3. The van der Waals surface area contributed by atoms with Crippen molar-refractivity contribution in [3.05, 3.63) is 24.0 Å². The lowest BCUT2D eigenvalue weighted by molar-refractivity contribution is 0.478. The Hall–Kier alpha value is -2.16. The van der Waals surface area contributed by atoms with Crippen LogP contribution in [0.25, 0.3) is 0 Å². The van der Waals surface area contributed by atoms with Crippen molar-refractivity contribution < 1.29 is 12.8 Å². The maximum absolute atomic E-state index is 13.2. The van der Waals surface area contributed by atoms with E-state index < -0.39 is 28.9 Å². The number of nitrogens with two attached hydrogens (primary N) is 1. The summed E-state index contributed by atoms with van der Waals surface area (Å²) in [6, 6.07) is 6.25. The highest BCUT2D eigenvalue weighted by molar-refractivity contribution is 7.89. The fraction of sp³-hybridized carbons (Fsp3) is 0.200. The van der Waals surface area contributed by atoms with E-state index in [9.17, 15) is 12.8 Å². The van der Waals surface area contributed by atoms with Gasteiger partial charge in [-0.25, -0.2) is 12.8 Å². The highest BCUT2D eigenvalue weighted by atomic mass is 32.2. The van der Waals surface area contributed by atoms with Crippen molar-refractivity contribution in [2.45, 2.75) is 4.90 Å². The number of halogens is 1. The van der Waals surface area contributed by atoms with E-state index in [-0.39, 0.29) is 10.6 Å². The third-order valence-electron chi connectivity index (χ3n) is 2.10. The number of hydrogen-bond donors (Lipinski definition) is 1. The van der Waals surface area contributed by atoms with Gasteiger partial charge in [0.05, 0.1) is 22.7 Å². The molecule has 0 saturated carbocycles. The molecule has 0 unspecified atom stereocenters. The van der Waals surface area contributed by atoms with Gasteiger partial charge in [-0.1, -0.05) is 0 Å². The van der Waals surface area contributed by atoms with Crippen LogP contribution in [0.5, 0.6) is 0 Å². The molecule has 0 amide bonds. The first-order valence-corrected chi connectivity index (χ1v) is 6.16. The number of sulfonamides is 1. The number of rotatable bonds is 4. The van der Waals surface area contributed by atoms with Crippen molar-refractivity contribution in [2.24, 2.45) is 0 Å². The molecular weight excluding hydrogens is 259 g/mol. The Morgan fingerprint density at radius 3 is 2.28 bits per heavy atom. The molecule has 1 aromatic rings. The second-order valence-corrected chi connectivity index (χ2v) is 5.21. The average molecular weight is 268 g/mol. The fourth-order valence-electron chi connectivity index (χ4n) is 1.20. The van der Waals surface area contributed by atoms with E-state index in [0.29, 0.717) is 4.31 Å². The Bertz CT molecular complexity index is 614. The molecule has 0 aliphatic heterocycles. The number of hydrogen-bond acceptors (Lipinski definition) is 5. The zero-order valence-corrected chi connectivity index (χ0v) is 9.98. The molecule has 8 heteroatoms. The van der Waals surface area contributed by atoms with Gasteiger partial charge in [0, 0.05) is 0 Å². The second-order valence-electron chi connectivity index (χ2n) is 3.27. The zero-order chi connectivity index (χ0) is 13.8. The third kappa shape index (κ3) is 2.74. The van der Waals surface area contributed by atoms with Gasteiger partial charge in [-0.05, 0) is 18.2 Å². The number of nitrogens with zero attached hydrogens (tertiary/aromatic N) is 3. The predicted octanol–water partition coefficient (Wildman–Crippen LogP) is 0.446. The number of nitriles is 2. The standard InChI is InChI=1S/C10H9FN4O2S/c11-9-7-8(1-2-10(9)14)18(16,17)15(5-3-12)6-4-13/h1-2,7H,5-6,14H2. The highest BCUT2D eigenvalue weighted by Gasteiger charge is 2.24. The van der Waals surface area contributed by atoms with Gasteiger partial charge in [0.1, 0.15) is 18.9 Å². The highest BCUT2D eigenvalue weighted by Crippen LogP contribution is 2.19. The van der Waals surface area contributed by atoms with Gasteiger partial charge >= 0.3 is 0 Å². The molecule has 6 nitrogen and oxygen atoms in total. The fourth-order valence-corrected chi connectivity index (χ4v) is 2.45. The Morgan fingerprint density at radius 1 is 1.28 bits per heavy atom. The maximum atomic E-state index is 13.2. The number of anilines is 1. The lowest BCUT2D eigenvalue weighted by Gasteiger charge is -2.15. The smallest absolute Gasteiger partial charge is 0.245 e. The van der Waals surface area contributed by atoms with E-state index in [1.54, 1.807) is 12.1 Å². The van der Waals surface area contributed by atoms with Crippen LogP contribution in [-0.4, -0.2) is 25.8 Å². The minimum absolute atomic E-state index is 0.180. The molecule has 0 fully saturated rings. The lowest BCUT2D eigenvalue weighted by Crippen LogP contribution is -2.32. The van der Waals surface area contributed by atoms with Gasteiger partial charge < -0.3 is 5.73 Å². The second kappa shape index (κ2) is 5.45. The maximum Gasteiger partial charge on any atom is 0.245 e. The molecule has 0 atom stereocenters. The Kier molecular flexibility index (Phi) is 4.21. The number of benzene rings is 1. The molecule has 18 heavy (non-hydrogen) atoms. The van der Waals surface area contributed by atoms with E-state index in [0.717, 1.165) is 18.2 Å². The first kappa shape index (κ1) is 13.9. The summed E-state index contributed by atoms with van der Waals surface area (Å²) in [6.07, 6.45) is 0. The molecule has 0 aromatic heterocycles. The molecular formula is C10H9FN4O2S. The summed E-state index contributed by atoms with van der Waals surface area (Å²) in [5.41, 5.74) is 5.06. The zero-order valence-electron chi connectivity index (χ0n) is 9.17. The van der Waals surface area contributed by atoms with Crippen LogP contribution in [0.15, 0.2) is 23.1 Å². The summed E-state index contributed by atoms with van der Waals surface area (Å²) in [6.45, 7) is -0.968. The molecule has 0 saturated heterocycles. The van der Waals surface area contributed by atoms with Crippen LogP contribution in [-0.2, 0) is 10.0 Å². The first-order valence-electron chi connectivity index (χ1n) is 4.72. The van der Waals surface area contributed by atoms with E-state index in [2.05, 4.69) is 0 Å². The molecule has 1 rings (SSSR count). The van der Waals surface area contributed by atoms with Crippen molar-refractivity contribution in [2.75, 3.05) is 18.8 Å². The van der Waals surface area contributed by atoms with Crippen molar-refractivity contribution in [3.8, 4) is 12.1 Å². The predicted molar refractivity (Wildman–Crippen MR) is 60.8 cm³/mol. The summed E-state index contributed by atoms with van der Waals surface area (Å²) in [4.78, 5) is -0.347. The minimum Gasteiger partial charge on any atom is -0.396 e. The minimum atomic E-state index is -4.07. The van der Waals surface area contributed by atoms with E-state index in [4.69, 9.17) is 16.3 Å². The van der Waals surface area contributed by atoms with Crippen LogP contribution in [0.4, 0.5) is 10.1 Å². The molecule has 0 radical (unpaired) electrons. The molecule has 0 bridgehead atoms. The molecule has 0 aliphatic carbocycles. The normalized spacial score (nSPS) is 10.9. The van der Waals surface area contributed by atoms with Gasteiger partial charge in [-0.3, -0.25) is 0 Å². The summed E-state index contributed by atoms with van der Waals surface area (Å²) in [5, 5.41) is 17.0. The Morgan fingerprint density at radius 2 is 1.83 bits per heavy atom. The molecule has 2 N–H and O–H groups in total. The SMILES string of the molecule is N#CCN(CC#N)S(=O)(=O)c1ccc(N)c(F)c1. The van der Waals surface area contributed by atoms with Crippen molar-refractivity contribution >= 4 is 15.7 Å². The molecule has 94 valence electrons. The van der Waals surface area contributed by atoms with E-state index >= 15 is 0 Å². The van der Waals surface area contributed by atoms with E-state index in [1.807, 2.05) is 0 Å². The molecule has 0 aliphatic rings. The van der Waals surface area contributed by atoms with Crippen LogP contribution in [0.2, 0.25) is 0 Å². The van der Waals surface area contributed by atoms with E-state index in [1.165, 1.54) is 0 Å². The van der Waals surface area contributed by atoms with Crippen LogP contribution in [0.1, 0.15) is 0 Å². The largest absolute Gasteiger partial charge is 0.396 e. The number of nitrogen functional groups attached to an aromatic ring is 1. The van der Waals surface area contributed by atoms with Gasteiger partial charge in [0.25, 0.3) is 0 Å².